The fraction of sp³-hybridized carbons (Fsp3) is 0.667. The number of aromatic nitrogens is 1. The molecule has 2 aliphatic heterocycles. The van der Waals surface area contributed by atoms with Crippen molar-refractivity contribution in [2.24, 2.45) is 5.92 Å². The van der Waals surface area contributed by atoms with Crippen LogP contribution in [-0.4, -0.2) is 47.5 Å². The summed E-state index contributed by atoms with van der Waals surface area (Å²) in [7, 11) is 2.30. The highest BCUT2D eigenvalue weighted by molar-refractivity contribution is 9.10. The SMILES string of the molecule is CN1CCCC2CN(Cc3cncc(Br)c3)CCC21. The topological polar surface area (TPSA) is 19.4 Å². The van der Waals surface area contributed by atoms with E-state index in [1.54, 1.807) is 0 Å². The molecule has 104 valence electrons. The maximum absolute atomic E-state index is 4.26. The largest absolute Gasteiger partial charge is 0.303 e. The lowest BCUT2D eigenvalue weighted by atomic mass is 9.84. The minimum atomic E-state index is 0.825. The molecule has 0 aliphatic carbocycles. The second-order valence-corrected chi connectivity index (χ2v) is 6.90. The van der Waals surface area contributed by atoms with Crippen LogP contribution in [0, 0.1) is 5.92 Å². The number of fused-ring (bicyclic) bond motifs is 1. The first-order valence-corrected chi connectivity index (χ1v) is 8.04. The molecule has 4 heteroatoms. The Bertz CT molecular complexity index is 437. The first-order chi connectivity index (χ1) is 9.22. The zero-order valence-corrected chi connectivity index (χ0v) is 13.1. The van der Waals surface area contributed by atoms with Gasteiger partial charge in [-0.25, -0.2) is 0 Å². The standard InChI is InChI=1S/C15H22BrN3/c1-18-5-2-3-13-11-19(6-4-15(13)18)10-12-7-14(16)9-17-8-12/h7-9,13,15H,2-6,10-11H2,1H3. The van der Waals surface area contributed by atoms with Gasteiger partial charge in [-0.15, -0.1) is 0 Å². The third-order valence-electron chi connectivity index (χ3n) is 4.60. The molecular weight excluding hydrogens is 302 g/mol. The molecule has 0 radical (unpaired) electrons. The van der Waals surface area contributed by atoms with E-state index in [0.717, 1.165) is 23.0 Å². The van der Waals surface area contributed by atoms with E-state index in [0.29, 0.717) is 0 Å². The van der Waals surface area contributed by atoms with Crippen LogP contribution >= 0.6 is 15.9 Å². The summed E-state index contributed by atoms with van der Waals surface area (Å²) in [6, 6.07) is 3.01. The zero-order chi connectivity index (χ0) is 13.2. The monoisotopic (exact) mass is 323 g/mol. The Morgan fingerprint density at radius 3 is 3.05 bits per heavy atom. The van der Waals surface area contributed by atoms with E-state index in [1.165, 1.54) is 44.5 Å². The fourth-order valence-corrected chi connectivity index (χ4v) is 4.08. The van der Waals surface area contributed by atoms with Crippen LogP contribution in [0.1, 0.15) is 24.8 Å². The smallest absolute Gasteiger partial charge is 0.0410 e. The summed E-state index contributed by atoms with van der Waals surface area (Å²) in [5, 5.41) is 0. The maximum atomic E-state index is 4.26. The van der Waals surface area contributed by atoms with Gasteiger partial charge >= 0.3 is 0 Å². The van der Waals surface area contributed by atoms with Gasteiger partial charge in [-0.1, -0.05) is 0 Å². The van der Waals surface area contributed by atoms with E-state index in [-0.39, 0.29) is 0 Å². The molecule has 2 fully saturated rings. The zero-order valence-electron chi connectivity index (χ0n) is 11.6. The molecule has 3 heterocycles. The number of halogens is 1. The van der Waals surface area contributed by atoms with Crippen molar-refractivity contribution < 1.29 is 0 Å². The van der Waals surface area contributed by atoms with Gasteiger partial charge < -0.3 is 4.90 Å². The Labute approximate surface area is 124 Å². The van der Waals surface area contributed by atoms with Gasteiger partial charge in [0.15, 0.2) is 0 Å². The van der Waals surface area contributed by atoms with Crippen molar-refractivity contribution in [3.8, 4) is 0 Å². The van der Waals surface area contributed by atoms with Crippen LogP contribution in [0.2, 0.25) is 0 Å². The molecular formula is C15H22BrN3. The Balaban J connectivity index is 1.62. The van der Waals surface area contributed by atoms with Crippen LogP contribution in [0.3, 0.4) is 0 Å². The lowest BCUT2D eigenvalue weighted by Crippen LogP contribution is -2.52. The summed E-state index contributed by atoms with van der Waals surface area (Å²) >= 11 is 3.50. The summed E-state index contributed by atoms with van der Waals surface area (Å²) < 4.78 is 1.08. The number of rotatable bonds is 2. The van der Waals surface area contributed by atoms with E-state index >= 15 is 0 Å². The van der Waals surface area contributed by atoms with Crippen LogP contribution in [0.5, 0.6) is 0 Å². The maximum Gasteiger partial charge on any atom is 0.0410 e. The molecule has 0 N–H and O–H groups in total. The van der Waals surface area contributed by atoms with Crippen molar-refractivity contribution >= 4 is 15.9 Å². The number of likely N-dealkylation sites (tertiary alicyclic amines) is 2. The van der Waals surface area contributed by atoms with Gasteiger partial charge in [0, 0.05) is 36.0 Å². The second-order valence-electron chi connectivity index (χ2n) is 5.99. The first kappa shape index (κ1) is 13.5. The molecule has 0 aromatic carbocycles. The van der Waals surface area contributed by atoms with E-state index < -0.39 is 0 Å². The van der Waals surface area contributed by atoms with Gasteiger partial charge in [-0.05, 0) is 72.9 Å². The number of pyridine rings is 1. The number of hydrogen-bond acceptors (Lipinski definition) is 3. The molecule has 2 atom stereocenters. The van der Waals surface area contributed by atoms with Gasteiger partial charge in [-0.3, -0.25) is 9.88 Å². The summed E-state index contributed by atoms with van der Waals surface area (Å²) in [4.78, 5) is 9.44. The van der Waals surface area contributed by atoms with Crippen molar-refractivity contribution in [3.05, 3.63) is 28.5 Å². The molecule has 2 unspecified atom stereocenters. The van der Waals surface area contributed by atoms with Gasteiger partial charge in [0.05, 0.1) is 0 Å². The molecule has 3 rings (SSSR count). The molecule has 1 aromatic heterocycles. The lowest BCUT2D eigenvalue weighted by Gasteiger charge is -2.46. The fourth-order valence-electron chi connectivity index (χ4n) is 3.67. The van der Waals surface area contributed by atoms with E-state index in [1.807, 2.05) is 12.4 Å². The van der Waals surface area contributed by atoms with E-state index in [2.05, 4.69) is 43.8 Å². The third kappa shape index (κ3) is 3.18. The summed E-state index contributed by atoms with van der Waals surface area (Å²) in [5.41, 5.74) is 1.32. The van der Waals surface area contributed by atoms with Crippen molar-refractivity contribution in [2.75, 3.05) is 26.7 Å². The lowest BCUT2D eigenvalue weighted by molar-refractivity contribution is 0.0354. The predicted molar refractivity (Wildman–Crippen MR) is 81.0 cm³/mol. The van der Waals surface area contributed by atoms with E-state index in [9.17, 15) is 0 Å². The van der Waals surface area contributed by atoms with Gasteiger partial charge in [0.25, 0.3) is 0 Å². The second kappa shape index (κ2) is 5.90. The van der Waals surface area contributed by atoms with E-state index in [4.69, 9.17) is 0 Å². The molecule has 0 saturated carbocycles. The van der Waals surface area contributed by atoms with Crippen LogP contribution in [0.25, 0.3) is 0 Å². The summed E-state index contributed by atoms with van der Waals surface area (Å²) in [6.07, 6.45) is 7.93. The van der Waals surface area contributed by atoms with Gasteiger partial charge in [0.1, 0.15) is 0 Å². The molecule has 3 nitrogen and oxygen atoms in total. The predicted octanol–water partition coefficient (Wildman–Crippen LogP) is 2.76. The Hall–Kier alpha value is -0.450. The number of nitrogens with zero attached hydrogens (tertiary/aromatic N) is 3. The molecule has 2 aliphatic rings. The Kier molecular flexibility index (Phi) is 4.20. The molecule has 1 aromatic rings. The average molecular weight is 324 g/mol. The number of hydrogen-bond donors (Lipinski definition) is 0. The molecule has 0 bridgehead atoms. The van der Waals surface area contributed by atoms with Crippen molar-refractivity contribution in [3.63, 3.8) is 0 Å². The summed E-state index contributed by atoms with van der Waals surface area (Å²) in [6.45, 7) is 4.80. The van der Waals surface area contributed by atoms with Crippen LogP contribution < -0.4 is 0 Å². The molecule has 0 spiro atoms. The average Bonchev–Trinajstić information content (AvgIpc) is 2.39. The first-order valence-electron chi connectivity index (χ1n) is 7.24. The van der Waals surface area contributed by atoms with Crippen LogP contribution in [0.4, 0.5) is 0 Å². The third-order valence-corrected chi connectivity index (χ3v) is 5.03. The Morgan fingerprint density at radius 1 is 1.32 bits per heavy atom. The summed E-state index contributed by atoms with van der Waals surface area (Å²) in [5.74, 6) is 0.868. The highest BCUT2D eigenvalue weighted by Gasteiger charge is 2.33. The normalized spacial score (nSPS) is 29.2. The highest BCUT2D eigenvalue weighted by Crippen LogP contribution is 2.30. The quantitative estimate of drug-likeness (QED) is 0.834. The van der Waals surface area contributed by atoms with Gasteiger partial charge in [0.2, 0.25) is 0 Å². The Morgan fingerprint density at radius 2 is 2.21 bits per heavy atom. The van der Waals surface area contributed by atoms with Crippen molar-refractivity contribution in [1.29, 1.82) is 0 Å². The minimum Gasteiger partial charge on any atom is -0.303 e. The number of piperidine rings is 2. The molecule has 19 heavy (non-hydrogen) atoms. The van der Waals surface area contributed by atoms with Crippen LogP contribution in [0.15, 0.2) is 22.9 Å². The van der Waals surface area contributed by atoms with Crippen molar-refractivity contribution in [1.82, 2.24) is 14.8 Å². The molecule has 0 amide bonds. The minimum absolute atomic E-state index is 0.825. The molecule has 2 saturated heterocycles. The van der Waals surface area contributed by atoms with Crippen molar-refractivity contribution in [2.45, 2.75) is 31.8 Å². The highest BCUT2D eigenvalue weighted by atomic mass is 79.9. The van der Waals surface area contributed by atoms with Crippen LogP contribution in [-0.2, 0) is 6.54 Å². The van der Waals surface area contributed by atoms with Gasteiger partial charge in [-0.2, -0.15) is 0 Å².